The Labute approximate surface area is 110 Å². The summed E-state index contributed by atoms with van der Waals surface area (Å²) in [6.07, 6.45) is -6.30. The summed E-state index contributed by atoms with van der Waals surface area (Å²) in [6.45, 7) is 1.45. The van der Waals surface area contributed by atoms with Crippen LogP contribution in [0.4, 0.5) is 0 Å². The highest BCUT2D eigenvalue weighted by molar-refractivity contribution is 5.26. The van der Waals surface area contributed by atoms with E-state index in [1.807, 2.05) is 19.1 Å². The first kappa shape index (κ1) is 14.2. The molecule has 0 aromatic heterocycles. The zero-order valence-corrected chi connectivity index (χ0v) is 10.5. The number of benzene rings is 1. The van der Waals surface area contributed by atoms with Crippen LogP contribution in [0.2, 0.25) is 0 Å². The summed E-state index contributed by atoms with van der Waals surface area (Å²) in [4.78, 5) is 0. The minimum absolute atomic E-state index is 0.468. The van der Waals surface area contributed by atoms with Gasteiger partial charge in [-0.3, -0.25) is 0 Å². The number of aryl methyl sites for hydroxylation is 1. The van der Waals surface area contributed by atoms with Crippen LogP contribution >= 0.6 is 0 Å². The standard InChI is InChI=1S/C13H18O6/c1-7-2-4-8(5-3-7)18-13-12(17)11(16)10(15)9(6-14)19-13/h2-5,9-17H,6H2,1H3/t9-,10+,11+,12+,13-/m0/s1. The molecular weight excluding hydrogens is 252 g/mol. The third-order valence-electron chi connectivity index (χ3n) is 3.12. The Bertz CT molecular complexity index is 404. The van der Waals surface area contributed by atoms with Crippen LogP contribution in [-0.2, 0) is 4.74 Å². The maximum atomic E-state index is 9.80. The van der Waals surface area contributed by atoms with Crippen molar-refractivity contribution in [2.75, 3.05) is 6.61 Å². The van der Waals surface area contributed by atoms with E-state index in [0.29, 0.717) is 5.75 Å². The lowest BCUT2D eigenvalue weighted by atomic mass is 9.99. The van der Waals surface area contributed by atoms with Gasteiger partial charge in [0.15, 0.2) is 0 Å². The molecule has 6 nitrogen and oxygen atoms in total. The van der Waals surface area contributed by atoms with Gasteiger partial charge in [-0.2, -0.15) is 0 Å². The van der Waals surface area contributed by atoms with E-state index in [4.69, 9.17) is 14.6 Å². The SMILES string of the molecule is Cc1ccc(O[C@H]2O[C@@H](CO)[C@@H](O)[C@@H](O)[C@H]2O)cc1. The monoisotopic (exact) mass is 270 g/mol. The number of hydrogen-bond donors (Lipinski definition) is 4. The molecule has 1 aromatic carbocycles. The molecule has 0 radical (unpaired) electrons. The molecule has 1 aromatic rings. The number of hydrogen-bond acceptors (Lipinski definition) is 6. The van der Waals surface area contributed by atoms with E-state index >= 15 is 0 Å². The van der Waals surface area contributed by atoms with Gasteiger partial charge in [0.25, 0.3) is 0 Å². The second kappa shape index (κ2) is 5.85. The quantitative estimate of drug-likeness (QED) is 0.572. The molecule has 19 heavy (non-hydrogen) atoms. The average Bonchev–Trinajstić information content (AvgIpc) is 2.42. The molecule has 1 aliphatic rings. The summed E-state index contributed by atoms with van der Waals surface area (Å²) in [5.74, 6) is 0.468. The Morgan fingerprint density at radius 1 is 1.05 bits per heavy atom. The molecule has 0 aliphatic carbocycles. The van der Waals surface area contributed by atoms with E-state index in [2.05, 4.69) is 0 Å². The number of aliphatic hydroxyl groups is 4. The van der Waals surface area contributed by atoms with Crippen LogP contribution in [0.3, 0.4) is 0 Å². The van der Waals surface area contributed by atoms with E-state index in [0.717, 1.165) is 5.56 Å². The summed E-state index contributed by atoms with van der Waals surface area (Å²) in [6, 6.07) is 7.08. The van der Waals surface area contributed by atoms with E-state index in [-0.39, 0.29) is 0 Å². The largest absolute Gasteiger partial charge is 0.462 e. The number of rotatable bonds is 3. The van der Waals surface area contributed by atoms with Crippen molar-refractivity contribution in [2.24, 2.45) is 0 Å². The molecular formula is C13H18O6. The van der Waals surface area contributed by atoms with E-state index < -0.39 is 37.3 Å². The molecule has 2 rings (SSSR count). The zero-order valence-electron chi connectivity index (χ0n) is 10.5. The molecule has 4 N–H and O–H groups in total. The minimum atomic E-state index is -1.43. The van der Waals surface area contributed by atoms with Crippen LogP contribution in [0, 0.1) is 6.92 Å². The molecule has 1 aliphatic heterocycles. The Kier molecular flexibility index (Phi) is 4.38. The molecule has 0 bridgehead atoms. The van der Waals surface area contributed by atoms with Gasteiger partial charge in [0.2, 0.25) is 6.29 Å². The first-order valence-electron chi connectivity index (χ1n) is 6.07. The number of ether oxygens (including phenoxy) is 2. The second-order valence-corrected chi connectivity index (χ2v) is 4.63. The molecule has 1 heterocycles. The first-order chi connectivity index (χ1) is 9.02. The molecule has 0 amide bonds. The van der Waals surface area contributed by atoms with Gasteiger partial charge in [-0.05, 0) is 19.1 Å². The predicted molar refractivity (Wildman–Crippen MR) is 65.6 cm³/mol. The van der Waals surface area contributed by atoms with Crippen molar-refractivity contribution in [3.63, 3.8) is 0 Å². The van der Waals surface area contributed by atoms with Gasteiger partial charge >= 0.3 is 0 Å². The molecule has 0 spiro atoms. The van der Waals surface area contributed by atoms with Crippen molar-refractivity contribution in [1.29, 1.82) is 0 Å². The highest BCUT2D eigenvalue weighted by Crippen LogP contribution is 2.24. The maximum Gasteiger partial charge on any atom is 0.229 e. The fraction of sp³-hybridized carbons (Fsp3) is 0.538. The maximum absolute atomic E-state index is 9.80. The summed E-state index contributed by atoms with van der Waals surface area (Å²) in [7, 11) is 0. The lowest BCUT2D eigenvalue weighted by Gasteiger charge is -2.39. The fourth-order valence-electron chi connectivity index (χ4n) is 1.92. The van der Waals surface area contributed by atoms with Gasteiger partial charge in [-0.1, -0.05) is 17.7 Å². The van der Waals surface area contributed by atoms with Gasteiger partial charge in [-0.25, -0.2) is 0 Å². The van der Waals surface area contributed by atoms with Gasteiger partial charge in [0.05, 0.1) is 6.61 Å². The van der Waals surface area contributed by atoms with E-state index in [1.165, 1.54) is 0 Å². The Hall–Kier alpha value is -1.18. The second-order valence-electron chi connectivity index (χ2n) is 4.63. The first-order valence-corrected chi connectivity index (χ1v) is 6.07. The minimum Gasteiger partial charge on any atom is -0.462 e. The fourth-order valence-corrected chi connectivity index (χ4v) is 1.92. The Morgan fingerprint density at radius 3 is 2.26 bits per heavy atom. The zero-order chi connectivity index (χ0) is 14.0. The Balaban J connectivity index is 2.08. The van der Waals surface area contributed by atoms with Gasteiger partial charge in [0, 0.05) is 0 Å². The molecule has 0 saturated carbocycles. The Morgan fingerprint density at radius 2 is 1.68 bits per heavy atom. The molecule has 1 fully saturated rings. The van der Waals surface area contributed by atoms with E-state index in [1.54, 1.807) is 12.1 Å². The van der Waals surface area contributed by atoms with Gasteiger partial charge < -0.3 is 29.9 Å². The van der Waals surface area contributed by atoms with Crippen LogP contribution in [0.15, 0.2) is 24.3 Å². The van der Waals surface area contributed by atoms with Crippen molar-refractivity contribution in [3.05, 3.63) is 29.8 Å². The van der Waals surface area contributed by atoms with Crippen molar-refractivity contribution in [3.8, 4) is 5.75 Å². The summed E-state index contributed by atoms with van der Waals surface area (Å²) in [5, 5.41) is 38.1. The average molecular weight is 270 g/mol. The van der Waals surface area contributed by atoms with Crippen LogP contribution in [0.25, 0.3) is 0 Å². The van der Waals surface area contributed by atoms with Crippen molar-refractivity contribution in [2.45, 2.75) is 37.6 Å². The molecule has 6 heteroatoms. The lowest BCUT2D eigenvalue weighted by Crippen LogP contribution is -2.60. The summed E-state index contributed by atoms with van der Waals surface area (Å²) in [5.41, 5.74) is 1.06. The van der Waals surface area contributed by atoms with Crippen LogP contribution in [0.1, 0.15) is 5.56 Å². The summed E-state index contributed by atoms with van der Waals surface area (Å²) >= 11 is 0. The van der Waals surface area contributed by atoms with Crippen molar-refractivity contribution in [1.82, 2.24) is 0 Å². The molecule has 106 valence electrons. The summed E-state index contributed by atoms with van der Waals surface area (Å²) < 4.78 is 10.7. The van der Waals surface area contributed by atoms with Crippen molar-refractivity contribution < 1.29 is 29.9 Å². The third kappa shape index (κ3) is 3.05. The van der Waals surface area contributed by atoms with E-state index in [9.17, 15) is 15.3 Å². The third-order valence-corrected chi connectivity index (χ3v) is 3.12. The lowest BCUT2D eigenvalue weighted by molar-refractivity contribution is -0.277. The van der Waals surface area contributed by atoms with Gasteiger partial charge in [-0.15, -0.1) is 0 Å². The highest BCUT2D eigenvalue weighted by Gasteiger charge is 2.44. The molecule has 1 saturated heterocycles. The smallest absolute Gasteiger partial charge is 0.229 e. The topological polar surface area (TPSA) is 99.4 Å². The number of aliphatic hydroxyl groups excluding tert-OH is 4. The molecule has 5 atom stereocenters. The van der Waals surface area contributed by atoms with Crippen LogP contribution < -0.4 is 4.74 Å². The van der Waals surface area contributed by atoms with Crippen LogP contribution in [0.5, 0.6) is 5.75 Å². The van der Waals surface area contributed by atoms with Gasteiger partial charge in [0.1, 0.15) is 30.2 Å². The normalized spacial score (nSPS) is 35.1. The van der Waals surface area contributed by atoms with Crippen LogP contribution in [-0.4, -0.2) is 57.7 Å². The predicted octanol–water partition coefficient (Wildman–Crippen LogP) is -0.826. The van der Waals surface area contributed by atoms with Crippen molar-refractivity contribution >= 4 is 0 Å². The molecule has 0 unspecified atom stereocenters. The highest BCUT2D eigenvalue weighted by atomic mass is 16.7.